The summed E-state index contributed by atoms with van der Waals surface area (Å²) >= 11 is 0. The van der Waals surface area contributed by atoms with Gasteiger partial charge in [0.05, 0.1) is 11.9 Å². The molecular formula is C19H16F3N3O3. The zero-order valence-electron chi connectivity index (χ0n) is 14.7. The Morgan fingerprint density at radius 2 is 1.50 bits per heavy atom. The van der Waals surface area contributed by atoms with Crippen LogP contribution in [0.2, 0.25) is 0 Å². The van der Waals surface area contributed by atoms with E-state index in [0.717, 1.165) is 12.1 Å². The Kier molecular flexibility index (Phi) is 5.46. The molecular weight excluding hydrogens is 375 g/mol. The molecule has 146 valence electrons. The number of halogens is 3. The summed E-state index contributed by atoms with van der Waals surface area (Å²) < 4.78 is 45.9. The number of ether oxygens (including phenoxy) is 2. The lowest BCUT2D eigenvalue weighted by molar-refractivity contribution is -0.274. The van der Waals surface area contributed by atoms with Crippen LogP contribution in [-0.4, -0.2) is 26.4 Å². The Hall–Kier alpha value is -3.20. The van der Waals surface area contributed by atoms with E-state index < -0.39 is 12.0 Å². The smallest absolute Gasteiger partial charge is 0.456 e. The van der Waals surface area contributed by atoms with E-state index in [4.69, 9.17) is 4.74 Å². The maximum Gasteiger partial charge on any atom is 0.573 e. The van der Waals surface area contributed by atoms with Crippen molar-refractivity contribution in [2.24, 2.45) is 0 Å². The second kappa shape index (κ2) is 7.81. The molecule has 0 aliphatic rings. The van der Waals surface area contributed by atoms with Crippen LogP contribution in [-0.2, 0) is 5.60 Å². The molecule has 0 spiro atoms. The van der Waals surface area contributed by atoms with Gasteiger partial charge in [0.2, 0.25) is 0 Å². The molecule has 1 atom stereocenters. The first-order valence-electron chi connectivity index (χ1n) is 8.28. The minimum Gasteiger partial charge on any atom is -0.456 e. The average Bonchev–Trinajstić information content (AvgIpc) is 2.69. The zero-order chi connectivity index (χ0) is 20.2. The molecule has 0 aliphatic carbocycles. The molecule has 0 saturated carbocycles. The summed E-state index contributed by atoms with van der Waals surface area (Å²) in [5.74, 6) is 0.328. The van der Waals surface area contributed by atoms with Crippen molar-refractivity contribution in [2.75, 3.05) is 0 Å². The molecule has 0 radical (unpaired) electrons. The fourth-order valence-electron chi connectivity index (χ4n) is 2.58. The first-order valence-corrected chi connectivity index (χ1v) is 8.28. The van der Waals surface area contributed by atoms with Gasteiger partial charge in [0.25, 0.3) is 0 Å². The number of aliphatic hydroxyl groups is 1. The minimum absolute atomic E-state index is 0.311. The van der Waals surface area contributed by atoms with E-state index in [2.05, 4.69) is 19.7 Å². The van der Waals surface area contributed by atoms with Gasteiger partial charge in [-0.05, 0) is 42.8 Å². The van der Waals surface area contributed by atoms with Crippen LogP contribution in [0.15, 0.2) is 61.3 Å². The number of pyridine rings is 1. The fourth-order valence-corrected chi connectivity index (χ4v) is 2.58. The van der Waals surface area contributed by atoms with Gasteiger partial charge in [-0.3, -0.25) is 4.98 Å². The highest BCUT2D eigenvalue weighted by molar-refractivity contribution is 5.36. The lowest BCUT2D eigenvalue weighted by atomic mass is 9.89. The quantitative estimate of drug-likeness (QED) is 0.678. The SMILES string of the molecule is CCC(O)(c1cncnc1)c1ccc(Oc2ccc(OC(F)(F)F)cc2)cn1. The van der Waals surface area contributed by atoms with Crippen LogP contribution in [0.3, 0.4) is 0 Å². The van der Waals surface area contributed by atoms with Crippen LogP contribution >= 0.6 is 0 Å². The van der Waals surface area contributed by atoms with Gasteiger partial charge in [0, 0.05) is 18.0 Å². The summed E-state index contributed by atoms with van der Waals surface area (Å²) in [5, 5.41) is 11.0. The van der Waals surface area contributed by atoms with Crippen molar-refractivity contribution >= 4 is 0 Å². The minimum atomic E-state index is -4.75. The molecule has 1 unspecified atom stereocenters. The van der Waals surface area contributed by atoms with E-state index in [1.807, 2.05) is 6.92 Å². The number of hydrogen-bond acceptors (Lipinski definition) is 6. The van der Waals surface area contributed by atoms with Gasteiger partial charge in [0.1, 0.15) is 29.2 Å². The third-order valence-electron chi connectivity index (χ3n) is 4.00. The van der Waals surface area contributed by atoms with E-state index in [1.54, 1.807) is 12.1 Å². The Balaban J connectivity index is 1.74. The molecule has 3 rings (SSSR count). The van der Waals surface area contributed by atoms with Gasteiger partial charge in [-0.1, -0.05) is 6.92 Å². The maximum atomic E-state index is 12.2. The van der Waals surface area contributed by atoms with Crippen molar-refractivity contribution in [1.29, 1.82) is 0 Å². The zero-order valence-corrected chi connectivity index (χ0v) is 14.7. The van der Waals surface area contributed by atoms with E-state index in [9.17, 15) is 18.3 Å². The number of benzene rings is 1. The summed E-state index contributed by atoms with van der Waals surface area (Å²) in [6.07, 6.45) is 1.44. The molecule has 0 saturated heterocycles. The number of nitrogens with zero attached hydrogens (tertiary/aromatic N) is 3. The molecule has 9 heteroatoms. The van der Waals surface area contributed by atoms with Crippen molar-refractivity contribution in [2.45, 2.75) is 25.3 Å². The second-order valence-electron chi connectivity index (χ2n) is 5.84. The van der Waals surface area contributed by atoms with Gasteiger partial charge < -0.3 is 14.6 Å². The summed E-state index contributed by atoms with van der Waals surface area (Å²) in [6, 6.07) is 8.20. The summed E-state index contributed by atoms with van der Waals surface area (Å²) in [4.78, 5) is 12.1. The van der Waals surface area contributed by atoms with Gasteiger partial charge in [-0.2, -0.15) is 0 Å². The van der Waals surface area contributed by atoms with Crippen molar-refractivity contribution in [3.63, 3.8) is 0 Å². The van der Waals surface area contributed by atoms with E-state index >= 15 is 0 Å². The number of hydrogen-bond donors (Lipinski definition) is 1. The maximum absolute atomic E-state index is 12.2. The number of alkyl halides is 3. The highest BCUT2D eigenvalue weighted by atomic mass is 19.4. The number of rotatable bonds is 6. The monoisotopic (exact) mass is 391 g/mol. The molecule has 6 nitrogen and oxygen atoms in total. The van der Waals surface area contributed by atoms with Crippen molar-refractivity contribution in [1.82, 2.24) is 15.0 Å². The highest BCUT2D eigenvalue weighted by Gasteiger charge is 2.32. The molecule has 0 fully saturated rings. The third-order valence-corrected chi connectivity index (χ3v) is 4.00. The molecule has 0 aliphatic heterocycles. The molecule has 1 aromatic carbocycles. The molecule has 28 heavy (non-hydrogen) atoms. The standard InChI is InChI=1S/C19H16F3N3O3/c1-2-18(26,13-9-23-12-24-10-13)17-8-7-16(11-25-17)27-14-3-5-15(6-4-14)28-19(20,21)22/h3-12,26H,2H2,1H3. The van der Waals surface area contributed by atoms with E-state index in [1.165, 1.54) is 37.1 Å². The fraction of sp³-hybridized carbons (Fsp3) is 0.211. The van der Waals surface area contributed by atoms with E-state index in [0.29, 0.717) is 29.2 Å². The first-order chi connectivity index (χ1) is 13.3. The molecule has 0 amide bonds. The lowest BCUT2D eigenvalue weighted by Crippen LogP contribution is -2.27. The molecule has 3 aromatic rings. The predicted molar refractivity (Wildman–Crippen MR) is 92.8 cm³/mol. The van der Waals surface area contributed by atoms with Crippen LogP contribution in [0.25, 0.3) is 0 Å². The van der Waals surface area contributed by atoms with Gasteiger partial charge >= 0.3 is 6.36 Å². The number of aromatic nitrogens is 3. The topological polar surface area (TPSA) is 77.4 Å². The Morgan fingerprint density at radius 1 is 0.893 bits per heavy atom. The normalized spacial score (nSPS) is 13.6. The second-order valence-corrected chi connectivity index (χ2v) is 5.84. The molecule has 2 heterocycles. The van der Waals surface area contributed by atoms with Crippen LogP contribution in [0, 0.1) is 0 Å². The lowest BCUT2D eigenvalue weighted by Gasteiger charge is -2.26. The van der Waals surface area contributed by atoms with Gasteiger partial charge in [0.15, 0.2) is 0 Å². The van der Waals surface area contributed by atoms with Crippen LogP contribution < -0.4 is 9.47 Å². The highest BCUT2D eigenvalue weighted by Crippen LogP contribution is 2.32. The van der Waals surface area contributed by atoms with Crippen LogP contribution in [0.5, 0.6) is 17.2 Å². The Morgan fingerprint density at radius 3 is 2.04 bits per heavy atom. The van der Waals surface area contributed by atoms with Crippen LogP contribution in [0.1, 0.15) is 24.6 Å². The molecule has 0 bridgehead atoms. The third kappa shape index (κ3) is 4.55. The Labute approximate surface area is 158 Å². The van der Waals surface area contributed by atoms with Crippen molar-refractivity contribution < 1.29 is 27.8 Å². The van der Waals surface area contributed by atoms with E-state index in [-0.39, 0.29) is 5.75 Å². The first kappa shape index (κ1) is 19.6. The van der Waals surface area contributed by atoms with Gasteiger partial charge in [-0.15, -0.1) is 13.2 Å². The van der Waals surface area contributed by atoms with Gasteiger partial charge in [-0.25, -0.2) is 9.97 Å². The summed E-state index contributed by atoms with van der Waals surface area (Å²) in [6.45, 7) is 1.81. The average molecular weight is 391 g/mol. The van der Waals surface area contributed by atoms with Crippen molar-refractivity contribution in [3.8, 4) is 17.2 Å². The summed E-state index contributed by atoms with van der Waals surface area (Å²) in [7, 11) is 0. The Bertz CT molecular complexity index is 904. The van der Waals surface area contributed by atoms with Crippen LogP contribution in [0.4, 0.5) is 13.2 Å². The largest absolute Gasteiger partial charge is 0.573 e. The molecule has 2 aromatic heterocycles. The molecule has 1 N–H and O–H groups in total. The van der Waals surface area contributed by atoms with Crippen molar-refractivity contribution in [3.05, 3.63) is 72.6 Å². The summed E-state index contributed by atoms with van der Waals surface area (Å²) in [5.41, 5.74) is -0.443. The predicted octanol–water partition coefficient (Wildman–Crippen LogP) is 4.21.